The molecule has 3 N–H and O–H groups in total. The van der Waals surface area contributed by atoms with Gasteiger partial charge in [0.15, 0.2) is 5.82 Å². The fourth-order valence-electron chi connectivity index (χ4n) is 2.38. The molecule has 0 atom stereocenters. The zero-order valence-corrected chi connectivity index (χ0v) is 9.81. The van der Waals surface area contributed by atoms with E-state index >= 15 is 0 Å². The van der Waals surface area contributed by atoms with Crippen LogP contribution in [0.5, 0.6) is 0 Å². The van der Waals surface area contributed by atoms with Crippen LogP contribution < -0.4 is 11.3 Å². The Hall–Kier alpha value is -1.20. The van der Waals surface area contributed by atoms with Crippen molar-refractivity contribution in [2.45, 2.75) is 32.1 Å². The third-order valence-corrected chi connectivity index (χ3v) is 4.34. The van der Waals surface area contributed by atoms with Crippen molar-refractivity contribution < 1.29 is 0 Å². The number of rotatable bonds is 1. The Morgan fingerprint density at radius 2 is 2.06 bits per heavy atom. The third kappa shape index (κ3) is 1.47. The van der Waals surface area contributed by atoms with E-state index in [1.807, 2.05) is 0 Å². The number of anilines is 1. The first-order valence-electron chi connectivity index (χ1n) is 5.62. The Bertz CT molecular complexity index is 520. The van der Waals surface area contributed by atoms with E-state index in [1.54, 1.807) is 17.7 Å². The summed E-state index contributed by atoms with van der Waals surface area (Å²) in [5, 5.41) is 1.15. The highest BCUT2D eigenvalue weighted by Crippen LogP contribution is 2.37. The van der Waals surface area contributed by atoms with Gasteiger partial charge in [-0.3, -0.25) is 0 Å². The van der Waals surface area contributed by atoms with Crippen LogP contribution in [-0.2, 0) is 12.8 Å². The summed E-state index contributed by atoms with van der Waals surface area (Å²) in [7, 11) is 0. The molecular formula is C11H14N4S. The van der Waals surface area contributed by atoms with Crippen molar-refractivity contribution in [3.8, 4) is 0 Å². The minimum atomic E-state index is 0.768. The number of aromatic nitrogens is 2. The van der Waals surface area contributed by atoms with Crippen LogP contribution in [0.15, 0.2) is 6.33 Å². The molecule has 3 rings (SSSR count). The van der Waals surface area contributed by atoms with E-state index in [0.29, 0.717) is 0 Å². The summed E-state index contributed by atoms with van der Waals surface area (Å²) in [6.07, 6.45) is 7.77. The first kappa shape index (κ1) is 9.99. The van der Waals surface area contributed by atoms with E-state index in [9.17, 15) is 0 Å². The number of hydrogen-bond acceptors (Lipinski definition) is 5. The van der Waals surface area contributed by atoms with Crippen LogP contribution in [-0.4, -0.2) is 9.97 Å². The average Bonchev–Trinajstić information content (AvgIpc) is 2.52. The molecule has 1 aliphatic carbocycles. The van der Waals surface area contributed by atoms with Crippen molar-refractivity contribution in [3.05, 3.63) is 16.8 Å². The van der Waals surface area contributed by atoms with Gasteiger partial charge < -0.3 is 5.43 Å². The van der Waals surface area contributed by atoms with Crippen LogP contribution in [0.4, 0.5) is 5.82 Å². The van der Waals surface area contributed by atoms with Crippen molar-refractivity contribution in [1.29, 1.82) is 0 Å². The summed E-state index contributed by atoms with van der Waals surface area (Å²) in [6, 6.07) is 0. The van der Waals surface area contributed by atoms with Gasteiger partial charge >= 0.3 is 0 Å². The first-order chi connectivity index (χ1) is 7.90. The molecule has 84 valence electrons. The summed E-state index contributed by atoms with van der Waals surface area (Å²) < 4.78 is 0. The van der Waals surface area contributed by atoms with Gasteiger partial charge in [0.1, 0.15) is 11.2 Å². The molecule has 0 aromatic carbocycles. The van der Waals surface area contributed by atoms with Crippen LogP contribution in [0.1, 0.15) is 29.7 Å². The van der Waals surface area contributed by atoms with Gasteiger partial charge in [-0.15, -0.1) is 11.3 Å². The lowest BCUT2D eigenvalue weighted by molar-refractivity contribution is 0.713. The molecule has 2 aromatic heterocycles. The minimum Gasteiger partial charge on any atom is -0.308 e. The van der Waals surface area contributed by atoms with Crippen molar-refractivity contribution in [2.75, 3.05) is 5.43 Å². The maximum atomic E-state index is 5.51. The van der Waals surface area contributed by atoms with Gasteiger partial charge in [-0.05, 0) is 31.2 Å². The molecule has 0 aliphatic heterocycles. The van der Waals surface area contributed by atoms with Gasteiger partial charge in [0.05, 0.1) is 5.39 Å². The lowest BCUT2D eigenvalue weighted by atomic mass is 10.1. The summed E-state index contributed by atoms with van der Waals surface area (Å²) >= 11 is 1.80. The van der Waals surface area contributed by atoms with Crippen molar-refractivity contribution >= 4 is 27.4 Å². The van der Waals surface area contributed by atoms with Crippen LogP contribution in [0.2, 0.25) is 0 Å². The smallest absolute Gasteiger partial charge is 0.152 e. The Labute approximate surface area is 97.9 Å². The number of aryl methyl sites for hydroxylation is 2. The molecule has 0 spiro atoms. The van der Waals surface area contributed by atoms with Gasteiger partial charge in [0.25, 0.3) is 0 Å². The molecule has 0 bridgehead atoms. The Balaban J connectivity index is 2.27. The Morgan fingerprint density at radius 1 is 1.19 bits per heavy atom. The lowest BCUT2D eigenvalue weighted by Crippen LogP contribution is -2.09. The molecule has 0 saturated heterocycles. The largest absolute Gasteiger partial charge is 0.308 e. The lowest BCUT2D eigenvalue weighted by Gasteiger charge is -2.03. The molecular weight excluding hydrogens is 220 g/mol. The molecule has 2 heterocycles. The van der Waals surface area contributed by atoms with Gasteiger partial charge in [-0.2, -0.15) is 0 Å². The Morgan fingerprint density at radius 3 is 2.94 bits per heavy atom. The SMILES string of the molecule is NNc1ncnc2sc3c(c12)CCCCC3. The minimum absolute atomic E-state index is 0.768. The number of hydrazine groups is 1. The highest BCUT2D eigenvalue weighted by molar-refractivity contribution is 7.18. The molecule has 1 aliphatic rings. The van der Waals surface area contributed by atoms with Gasteiger partial charge in [0, 0.05) is 4.88 Å². The fraction of sp³-hybridized carbons (Fsp3) is 0.455. The number of nitrogen functional groups attached to an aromatic ring is 1. The molecule has 0 saturated carbocycles. The number of nitrogens with zero attached hydrogens (tertiary/aromatic N) is 2. The Kier molecular flexibility index (Phi) is 2.49. The fourth-order valence-corrected chi connectivity index (χ4v) is 3.61. The zero-order chi connectivity index (χ0) is 11.0. The molecule has 5 heteroatoms. The maximum absolute atomic E-state index is 5.51. The van der Waals surface area contributed by atoms with Crippen LogP contribution in [0, 0.1) is 0 Å². The van der Waals surface area contributed by atoms with E-state index in [2.05, 4.69) is 15.4 Å². The summed E-state index contributed by atoms with van der Waals surface area (Å²) in [5.41, 5.74) is 4.10. The molecule has 0 amide bonds. The van der Waals surface area contributed by atoms with E-state index in [0.717, 1.165) is 22.5 Å². The molecule has 0 fully saturated rings. The molecule has 2 aromatic rings. The maximum Gasteiger partial charge on any atom is 0.152 e. The topological polar surface area (TPSA) is 63.8 Å². The van der Waals surface area contributed by atoms with E-state index in [1.165, 1.54) is 36.1 Å². The summed E-state index contributed by atoms with van der Waals surface area (Å²) in [5.74, 6) is 6.28. The number of nitrogens with one attached hydrogen (secondary N) is 1. The summed E-state index contributed by atoms with van der Waals surface area (Å²) in [4.78, 5) is 11.1. The molecule has 4 nitrogen and oxygen atoms in total. The standard InChI is InChI=1S/C11H14N4S/c12-15-10-9-7-4-2-1-3-5-8(7)16-11(9)14-6-13-10/h6H,1-5,12H2,(H,13,14,15). The normalized spacial score (nSPS) is 15.8. The number of fused-ring (bicyclic) bond motifs is 3. The molecule has 0 radical (unpaired) electrons. The van der Waals surface area contributed by atoms with Crippen LogP contribution in [0.3, 0.4) is 0 Å². The third-order valence-electron chi connectivity index (χ3n) is 3.14. The predicted molar refractivity (Wildman–Crippen MR) is 66.5 cm³/mol. The monoisotopic (exact) mass is 234 g/mol. The van der Waals surface area contributed by atoms with E-state index < -0.39 is 0 Å². The molecule has 16 heavy (non-hydrogen) atoms. The molecule has 0 unspecified atom stereocenters. The highest BCUT2D eigenvalue weighted by Gasteiger charge is 2.18. The van der Waals surface area contributed by atoms with Gasteiger partial charge in [-0.25, -0.2) is 15.8 Å². The van der Waals surface area contributed by atoms with Crippen LogP contribution in [0.25, 0.3) is 10.2 Å². The number of hydrogen-bond donors (Lipinski definition) is 2. The second kappa shape index (κ2) is 3.99. The average molecular weight is 234 g/mol. The van der Waals surface area contributed by atoms with E-state index in [-0.39, 0.29) is 0 Å². The predicted octanol–water partition coefficient (Wildman–Crippen LogP) is 2.25. The van der Waals surface area contributed by atoms with Crippen molar-refractivity contribution in [1.82, 2.24) is 9.97 Å². The number of nitrogens with two attached hydrogens (primary N) is 1. The van der Waals surface area contributed by atoms with Crippen molar-refractivity contribution in [3.63, 3.8) is 0 Å². The number of thiophene rings is 1. The van der Waals surface area contributed by atoms with E-state index in [4.69, 9.17) is 5.84 Å². The van der Waals surface area contributed by atoms with Gasteiger partial charge in [0.2, 0.25) is 0 Å². The second-order valence-corrected chi connectivity index (χ2v) is 5.19. The van der Waals surface area contributed by atoms with Gasteiger partial charge in [-0.1, -0.05) is 6.42 Å². The highest BCUT2D eigenvalue weighted by atomic mass is 32.1. The zero-order valence-electron chi connectivity index (χ0n) is 8.99. The van der Waals surface area contributed by atoms with Crippen molar-refractivity contribution in [2.24, 2.45) is 5.84 Å². The first-order valence-corrected chi connectivity index (χ1v) is 6.43. The van der Waals surface area contributed by atoms with Crippen LogP contribution >= 0.6 is 11.3 Å². The summed E-state index contributed by atoms with van der Waals surface area (Å²) in [6.45, 7) is 0. The second-order valence-electron chi connectivity index (χ2n) is 4.11. The quantitative estimate of drug-likeness (QED) is 0.451.